The molecule has 2 aromatic rings. The predicted octanol–water partition coefficient (Wildman–Crippen LogP) is 3.28. The summed E-state index contributed by atoms with van der Waals surface area (Å²) in [5.41, 5.74) is 2.55. The van der Waals surface area contributed by atoms with Gasteiger partial charge in [0.1, 0.15) is 4.32 Å². The van der Waals surface area contributed by atoms with E-state index in [0.717, 1.165) is 55.5 Å². The molecule has 0 radical (unpaired) electrons. The van der Waals surface area contributed by atoms with Gasteiger partial charge in [0, 0.05) is 54.9 Å². The Hall–Kier alpha value is -1.53. The number of hydrogen-bond acceptors (Lipinski definition) is 3. The number of nitrogens with one attached hydrogen (secondary N) is 1. The van der Waals surface area contributed by atoms with Crippen LogP contribution in [0.15, 0.2) is 30.5 Å². The number of thioether (sulfide) groups is 1. The van der Waals surface area contributed by atoms with Crippen molar-refractivity contribution in [2.24, 2.45) is 5.92 Å². The number of H-pyrrole nitrogens is 1. The Bertz CT molecular complexity index is 776. The quantitative estimate of drug-likeness (QED) is 0.835. The summed E-state index contributed by atoms with van der Waals surface area (Å²) in [5.74, 6) is 1.67. The van der Waals surface area contributed by atoms with Gasteiger partial charge < -0.3 is 14.8 Å². The van der Waals surface area contributed by atoms with Gasteiger partial charge in [-0.25, -0.2) is 0 Å². The van der Waals surface area contributed by atoms with Gasteiger partial charge in [0.15, 0.2) is 0 Å². The smallest absolute Gasteiger partial charge is 0.225 e. The number of aryl methyl sites for hydroxylation is 1. The third-order valence-corrected chi connectivity index (χ3v) is 6.57. The Labute approximate surface area is 157 Å². The van der Waals surface area contributed by atoms with Crippen LogP contribution in [0.1, 0.15) is 18.4 Å². The monoisotopic (exact) mass is 373 g/mol. The maximum absolute atomic E-state index is 12.1. The fraction of sp³-hybridized carbons (Fsp3) is 0.474. The lowest BCUT2D eigenvalue weighted by atomic mass is 10.1. The first-order valence-electron chi connectivity index (χ1n) is 8.98. The number of benzene rings is 1. The minimum Gasteiger partial charge on any atom is -0.361 e. The molecule has 132 valence electrons. The van der Waals surface area contributed by atoms with E-state index in [1.165, 1.54) is 16.5 Å². The molecule has 2 aliphatic rings. The van der Waals surface area contributed by atoms with Crippen molar-refractivity contribution in [2.45, 2.75) is 19.3 Å². The molecule has 6 heteroatoms. The number of carbonyl (C=O) groups is 1. The highest BCUT2D eigenvalue weighted by atomic mass is 32.2. The molecule has 1 saturated heterocycles. The van der Waals surface area contributed by atoms with E-state index in [9.17, 15) is 4.79 Å². The molecule has 0 spiro atoms. The molecule has 1 saturated carbocycles. The van der Waals surface area contributed by atoms with Crippen LogP contribution in [0.3, 0.4) is 0 Å². The van der Waals surface area contributed by atoms with Gasteiger partial charge in [-0.15, -0.1) is 0 Å². The molecule has 4 nitrogen and oxygen atoms in total. The highest BCUT2D eigenvalue weighted by Crippen LogP contribution is 2.31. The first-order chi connectivity index (χ1) is 12.2. The summed E-state index contributed by atoms with van der Waals surface area (Å²) in [6, 6.07) is 8.42. The zero-order chi connectivity index (χ0) is 17.2. The minimum atomic E-state index is 0.323. The number of amides is 1. The molecule has 25 heavy (non-hydrogen) atoms. The van der Waals surface area contributed by atoms with Crippen LogP contribution in [-0.4, -0.2) is 56.9 Å². The standard InChI is InChI=1S/C19H23N3OS2/c23-18(14-5-6-14)21-8-10-22(11-9-21)19(24)25-12-7-15-13-20-17-4-2-1-3-16(15)17/h1-4,13-14,20H,5-12H2. The Morgan fingerprint density at radius 2 is 1.88 bits per heavy atom. The summed E-state index contributed by atoms with van der Waals surface area (Å²) in [6.45, 7) is 3.38. The number of aromatic amines is 1. The van der Waals surface area contributed by atoms with Crippen molar-refractivity contribution in [2.75, 3.05) is 31.9 Å². The first-order valence-corrected chi connectivity index (χ1v) is 10.4. The number of para-hydroxylation sites is 1. The lowest BCUT2D eigenvalue weighted by molar-refractivity contribution is -0.133. The molecule has 2 heterocycles. The molecule has 1 amide bonds. The van der Waals surface area contributed by atoms with Gasteiger partial charge in [-0.2, -0.15) is 0 Å². The minimum absolute atomic E-state index is 0.323. The Morgan fingerprint density at radius 3 is 2.64 bits per heavy atom. The van der Waals surface area contributed by atoms with Crippen LogP contribution in [0.4, 0.5) is 0 Å². The van der Waals surface area contributed by atoms with Gasteiger partial charge in [0.05, 0.1) is 0 Å². The second kappa shape index (κ2) is 7.38. The van der Waals surface area contributed by atoms with Gasteiger partial charge in [-0.3, -0.25) is 4.79 Å². The third kappa shape index (κ3) is 3.85. The number of piperazine rings is 1. The van der Waals surface area contributed by atoms with Crippen LogP contribution in [0.5, 0.6) is 0 Å². The van der Waals surface area contributed by atoms with E-state index >= 15 is 0 Å². The van der Waals surface area contributed by atoms with Gasteiger partial charge in [0.25, 0.3) is 0 Å². The Kier molecular flexibility index (Phi) is 4.99. The van der Waals surface area contributed by atoms with E-state index in [1.54, 1.807) is 11.8 Å². The number of nitrogens with zero attached hydrogens (tertiary/aromatic N) is 2. The molecule has 1 aliphatic carbocycles. The first kappa shape index (κ1) is 16.9. The number of fused-ring (bicyclic) bond motifs is 1. The Morgan fingerprint density at radius 1 is 1.16 bits per heavy atom. The Balaban J connectivity index is 1.23. The van der Waals surface area contributed by atoms with Crippen molar-refractivity contribution < 1.29 is 4.79 Å². The SMILES string of the molecule is O=C(C1CC1)N1CCN(C(=S)SCCc2c[nH]c3ccccc23)CC1. The van der Waals surface area contributed by atoms with E-state index in [2.05, 4.69) is 40.3 Å². The van der Waals surface area contributed by atoms with E-state index in [0.29, 0.717) is 11.8 Å². The molecule has 1 aromatic heterocycles. The molecule has 1 aliphatic heterocycles. The zero-order valence-corrected chi connectivity index (χ0v) is 15.9. The summed E-state index contributed by atoms with van der Waals surface area (Å²) in [5, 5.41) is 1.31. The van der Waals surface area contributed by atoms with Crippen molar-refractivity contribution in [3.8, 4) is 0 Å². The lowest BCUT2D eigenvalue weighted by Crippen LogP contribution is -2.50. The van der Waals surface area contributed by atoms with Crippen molar-refractivity contribution in [3.05, 3.63) is 36.0 Å². The predicted molar refractivity (Wildman–Crippen MR) is 108 cm³/mol. The largest absolute Gasteiger partial charge is 0.361 e. The lowest BCUT2D eigenvalue weighted by Gasteiger charge is -2.36. The molecule has 0 atom stereocenters. The molecular weight excluding hydrogens is 350 g/mol. The fourth-order valence-electron chi connectivity index (χ4n) is 3.38. The highest BCUT2D eigenvalue weighted by Gasteiger charge is 2.34. The van der Waals surface area contributed by atoms with Crippen LogP contribution >= 0.6 is 24.0 Å². The van der Waals surface area contributed by atoms with Crippen LogP contribution in [0, 0.1) is 5.92 Å². The number of carbonyl (C=O) groups excluding carboxylic acids is 1. The molecule has 0 unspecified atom stereocenters. The molecule has 1 N–H and O–H groups in total. The molecular formula is C19H23N3OS2. The average molecular weight is 374 g/mol. The van der Waals surface area contributed by atoms with E-state index in [1.807, 2.05) is 4.90 Å². The number of hydrogen-bond donors (Lipinski definition) is 1. The molecule has 4 rings (SSSR count). The summed E-state index contributed by atoms with van der Waals surface area (Å²) < 4.78 is 0.971. The summed E-state index contributed by atoms with van der Waals surface area (Å²) in [6.07, 6.45) is 5.29. The molecule has 2 fully saturated rings. The maximum atomic E-state index is 12.1. The van der Waals surface area contributed by atoms with Crippen LogP contribution in [0.25, 0.3) is 10.9 Å². The second-order valence-corrected chi connectivity index (χ2v) is 8.54. The van der Waals surface area contributed by atoms with Gasteiger partial charge in [0.2, 0.25) is 5.91 Å². The summed E-state index contributed by atoms with van der Waals surface area (Å²) in [7, 11) is 0. The zero-order valence-electron chi connectivity index (χ0n) is 14.2. The molecule has 0 bridgehead atoms. The van der Waals surface area contributed by atoms with E-state index in [-0.39, 0.29) is 0 Å². The fourth-order valence-corrected chi connectivity index (χ4v) is 4.67. The normalized spacial score (nSPS) is 17.9. The summed E-state index contributed by atoms with van der Waals surface area (Å²) >= 11 is 7.37. The van der Waals surface area contributed by atoms with E-state index in [4.69, 9.17) is 12.2 Å². The molecule has 1 aromatic carbocycles. The topological polar surface area (TPSA) is 39.3 Å². The number of thiocarbonyl (C=S) groups is 1. The van der Waals surface area contributed by atoms with E-state index < -0.39 is 0 Å². The highest BCUT2D eigenvalue weighted by molar-refractivity contribution is 8.22. The number of aromatic nitrogens is 1. The number of rotatable bonds is 4. The van der Waals surface area contributed by atoms with Crippen molar-refractivity contribution in [1.82, 2.24) is 14.8 Å². The second-order valence-electron chi connectivity index (χ2n) is 6.81. The average Bonchev–Trinajstić information content (AvgIpc) is 3.43. The third-order valence-electron chi connectivity index (χ3n) is 5.05. The van der Waals surface area contributed by atoms with Crippen molar-refractivity contribution in [3.63, 3.8) is 0 Å². The van der Waals surface area contributed by atoms with Gasteiger partial charge in [-0.1, -0.05) is 42.2 Å². The van der Waals surface area contributed by atoms with Crippen molar-refractivity contribution in [1.29, 1.82) is 0 Å². The van der Waals surface area contributed by atoms with Crippen LogP contribution < -0.4 is 0 Å². The van der Waals surface area contributed by atoms with Crippen molar-refractivity contribution >= 4 is 45.1 Å². The summed E-state index contributed by atoms with van der Waals surface area (Å²) in [4.78, 5) is 19.7. The van der Waals surface area contributed by atoms with Gasteiger partial charge in [-0.05, 0) is 30.9 Å². The maximum Gasteiger partial charge on any atom is 0.225 e. The van der Waals surface area contributed by atoms with Gasteiger partial charge >= 0.3 is 0 Å². The van der Waals surface area contributed by atoms with Crippen LogP contribution in [-0.2, 0) is 11.2 Å². The van der Waals surface area contributed by atoms with Crippen LogP contribution in [0.2, 0.25) is 0 Å².